The molecule has 0 aliphatic rings. The topological polar surface area (TPSA) is 81.7 Å². The third-order valence-electron chi connectivity index (χ3n) is 3.00. The Morgan fingerprint density at radius 1 is 1.08 bits per heavy atom. The quantitative estimate of drug-likeness (QED) is 0.572. The van der Waals surface area contributed by atoms with Crippen LogP contribution in [0.25, 0.3) is 0 Å². The fourth-order valence-corrected chi connectivity index (χ4v) is 2.44. The molecule has 2 aromatic carbocycles. The molecule has 0 aliphatic carbocycles. The molecular weight excluding hydrogens is 425 g/mol. The van der Waals surface area contributed by atoms with Crippen molar-refractivity contribution in [3.8, 4) is 5.75 Å². The van der Waals surface area contributed by atoms with Crippen molar-refractivity contribution in [2.75, 3.05) is 13.7 Å². The molecule has 7 heteroatoms. The van der Waals surface area contributed by atoms with E-state index in [9.17, 15) is 14.4 Å². The van der Waals surface area contributed by atoms with E-state index >= 15 is 0 Å². The van der Waals surface area contributed by atoms with E-state index in [2.05, 4.69) is 27.9 Å². The van der Waals surface area contributed by atoms with Crippen molar-refractivity contribution < 1.29 is 23.9 Å². The van der Waals surface area contributed by atoms with Gasteiger partial charge in [-0.05, 0) is 52.9 Å². The maximum Gasteiger partial charge on any atom is 0.338 e. The molecule has 0 aromatic heterocycles. The Bertz CT molecular complexity index is 775. The molecule has 6 nitrogen and oxygen atoms in total. The fraction of sp³-hybridized carbons (Fsp3) is 0.118. The van der Waals surface area contributed by atoms with Gasteiger partial charge in [-0.25, -0.2) is 4.79 Å². The normalized spacial score (nSPS) is 9.92. The molecule has 0 radical (unpaired) electrons. The molecule has 124 valence electrons. The van der Waals surface area contributed by atoms with Crippen molar-refractivity contribution in [2.24, 2.45) is 0 Å². The molecule has 0 aliphatic heterocycles. The molecule has 2 rings (SSSR count). The smallest absolute Gasteiger partial charge is 0.338 e. The van der Waals surface area contributed by atoms with Crippen LogP contribution in [0.1, 0.15) is 20.7 Å². The number of ether oxygens (including phenoxy) is 2. The van der Waals surface area contributed by atoms with Gasteiger partial charge in [-0.15, -0.1) is 0 Å². The first kappa shape index (κ1) is 17.9. The Morgan fingerprint density at radius 3 is 2.54 bits per heavy atom. The van der Waals surface area contributed by atoms with Crippen LogP contribution < -0.4 is 10.1 Å². The van der Waals surface area contributed by atoms with Crippen molar-refractivity contribution in [3.05, 3.63) is 63.2 Å². The van der Waals surface area contributed by atoms with Crippen LogP contribution in [0.5, 0.6) is 5.75 Å². The first-order valence-electron chi connectivity index (χ1n) is 6.91. The monoisotopic (exact) mass is 439 g/mol. The zero-order valence-electron chi connectivity index (χ0n) is 12.7. The third kappa shape index (κ3) is 4.79. The Morgan fingerprint density at radius 2 is 1.83 bits per heavy atom. The highest BCUT2D eigenvalue weighted by Crippen LogP contribution is 2.16. The summed E-state index contributed by atoms with van der Waals surface area (Å²) in [5, 5.41) is 2.15. The number of methoxy groups -OCH3 is 1. The predicted octanol–water partition coefficient (Wildman–Crippen LogP) is 2.41. The maximum atomic E-state index is 12.0. The average Bonchev–Trinajstić information content (AvgIpc) is 2.59. The zero-order valence-corrected chi connectivity index (χ0v) is 14.9. The van der Waals surface area contributed by atoms with Gasteiger partial charge in [-0.3, -0.25) is 14.9 Å². The predicted molar refractivity (Wildman–Crippen MR) is 94.9 cm³/mol. The van der Waals surface area contributed by atoms with E-state index in [0.29, 0.717) is 11.3 Å². The van der Waals surface area contributed by atoms with E-state index in [1.165, 1.54) is 13.2 Å². The van der Waals surface area contributed by atoms with E-state index in [0.717, 1.165) is 3.57 Å². The Hall–Kier alpha value is -2.42. The number of hydrogen-bond acceptors (Lipinski definition) is 5. The van der Waals surface area contributed by atoms with Gasteiger partial charge in [-0.1, -0.05) is 18.2 Å². The van der Waals surface area contributed by atoms with Gasteiger partial charge in [0, 0.05) is 3.57 Å². The van der Waals surface area contributed by atoms with Crippen molar-refractivity contribution >= 4 is 40.4 Å². The maximum absolute atomic E-state index is 12.0. The summed E-state index contributed by atoms with van der Waals surface area (Å²) in [5.41, 5.74) is 0.558. The lowest BCUT2D eigenvalue weighted by Gasteiger charge is -2.08. The van der Waals surface area contributed by atoms with Crippen molar-refractivity contribution in [2.45, 2.75) is 0 Å². The van der Waals surface area contributed by atoms with Gasteiger partial charge < -0.3 is 9.47 Å². The third-order valence-corrected chi connectivity index (χ3v) is 3.67. The Labute approximate surface area is 152 Å². The highest BCUT2D eigenvalue weighted by atomic mass is 127. The molecule has 0 saturated heterocycles. The van der Waals surface area contributed by atoms with E-state index in [-0.39, 0.29) is 5.56 Å². The van der Waals surface area contributed by atoms with Crippen LogP contribution >= 0.6 is 22.6 Å². The first-order valence-corrected chi connectivity index (χ1v) is 7.99. The van der Waals surface area contributed by atoms with Crippen LogP contribution in [0.3, 0.4) is 0 Å². The van der Waals surface area contributed by atoms with Crippen LogP contribution in [0.4, 0.5) is 0 Å². The van der Waals surface area contributed by atoms with Crippen LogP contribution in [-0.4, -0.2) is 31.5 Å². The molecular formula is C17H14INO5. The number of hydrogen-bond donors (Lipinski definition) is 1. The molecule has 1 N–H and O–H groups in total. The number of rotatable bonds is 5. The van der Waals surface area contributed by atoms with Gasteiger partial charge in [0.1, 0.15) is 5.75 Å². The summed E-state index contributed by atoms with van der Waals surface area (Å²) in [6.07, 6.45) is 0. The average molecular weight is 439 g/mol. The zero-order chi connectivity index (χ0) is 17.5. The van der Waals surface area contributed by atoms with E-state index < -0.39 is 24.4 Å². The molecule has 0 spiro atoms. The Balaban J connectivity index is 1.91. The lowest BCUT2D eigenvalue weighted by Crippen LogP contribution is -2.34. The number of benzene rings is 2. The Kier molecular flexibility index (Phi) is 6.30. The molecule has 0 atom stereocenters. The molecule has 0 unspecified atom stereocenters. The van der Waals surface area contributed by atoms with Gasteiger partial charge in [0.2, 0.25) is 0 Å². The standard InChI is InChI=1S/C17H14INO5/c1-23-14-8-3-2-7-13(14)16(21)19-15(20)10-24-17(22)11-5-4-6-12(18)9-11/h2-9H,10H2,1H3,(H,19,20,21). The highest BCUT2D eigenvalue weighted by molar-refractivity contribution is 14.1. The number of nitrogens with one attached hydrogen (secondary N) is 1. The first-order chi connectivity index (χ1) is 11.5. The molecule has 0 heterocycles. The summed E-state index contributed by atoms with van der Waals surface area (Å²) in [6, 6.07) is 13.3. The summed E-state index contributed by atoms with van der Waals surface area (Å²) in [4.78, 5) is 35.7. The summed E-state index contributed by atoms with van der Waals surface area (Å²) < 4.78 is 10.8. The lowest BCUT2D eigenvalue weighted by molar-refractivity contribution is -0.123. The van der Waals surface area contributed by atoms with Crippen LogP contribution in [0.2, 0.25) is 0 Å². The van der Waals surface area contributed by atoms with E-state index in [4.69, 9.17) is 9.47 Å². The fourth-order valence-electron chi connectivity index (χ4n) is 1.89. The number of esters is 1. The van der Waals surface area contributed by atoms with Crippen LogP contribution in [0.15, 0.2) is 48.5 Å². The number of amides is 2. The van der Waals surface area contributed by atoms with E-state index in [1.54, 1.807) is 36.4 Å². The minimum absolute atomic E-state index is 0.220. The second-order valence-electron chi connectivity index (χ2n) is 4.66. The van der Waals surface area contributed by atoms with Gasteiger partial charge in [0.05, 0.1) is 18.2 Å². The molecule has 2 amide bonds. The second kappa shape index (κ2) is 8.44. The van der Waals surface area contributed by atoms with Gasteiger partial charge in [0.15, 0.2) is 6.61 Å². The number of halogens is 1. The number of carbonyl (C=O) groups excluding carboxylic acids is 3. The SMILES string of the molecule is COc1ccccc1C(=O)NC(=O)COC(=O)c1cccc(I)c1. The molecule has 0 saturated carbocycles. The summed E-state index contributed by atoms with van der Waals surface area (Å²) >= 11 is 2.07. The van der Waals surface area contributed by atoms with Gasteiger partial charge in [0.25, 0.3) is 11.8 Å². The van der Waals surface area contributed by atoms with Crippen molar-refractivity contribution in [1.82, 2.24) is 5.32 Å². The molecule has 24 heavy (non-hydrogen) atoms. The number of para-hydroxylation sites is 1. The van der Waals surface area contributed by atoms with Gasteiger partial charge in [-0.2, -0.15) is 0 Å². The summed E-state index contributed by atoms with van der Waals surface area (Å²) in [5.74, 6) is -1.63. The minimum Gasteiger partial charge on any atom is -0.496 e. The van der Waals surface area contributed by atoms with Crippen molar-refractivity contribution in [3.63, 3.8) is 0 Å². The van der Waals surface area contributed by atoms with Gasteiger partial charge >= 0.3 is 5.97 Å². The second-order valence-corrected chi connectivity index (χ2v) is 5.91. The molecule has 0 fully saturated rings. The van der Waals surface area contributed by atoms with Crippen LogP contribution in [-0.2, 0) is 9.53 Å². The molecule has 0 bridgehead atoms. The largest absolute Gasteiger partial charge is 0.496 e. The molecule has 2 aromatic rings. The van der Waals surface area contributed by atoms with E-state index in [1.807, 2.05) is 6.07 Å². The van der Waals surface area contributed by atoms with Crippen LogP contribution in [0, 0.1) is 3.57 Å². The minimum atomic E-state index is -0.718. The summed E-state index contributed by atoms with van der Waals surface area (Å²) in [7, 11) is 1.43. The number of imide groups is 1. The van der Waals surface area contributed by atoms with Crippen molar-refractivity contribution in [1.29, 1.82) is 0 Å². The highest BCUT2D eigenvalue weighted by Gasteiger charge is 2.16. The lowest BCUT2D eigenvalue weighted by atomic mass is 10.2. The number of carbonyl (C=O) groups is 3. The summed E-state index contributed by atoms with van der Waals surface area (Å²) in [6.45, 7) is -0.550.